The van der Waals surface area contributed by atoms with Crippen LogP contribution in [0.15, 0.2) is 95.4 Å². The van der Waals surface area contributed by atoms with Crippen LogP contribution in [-0.2, 0) is 0 Å². The van der Waals surface area contributed by atoms with Crippen LogP contribution < -0.4 is 10.2 Å². The average Bonchev–Trinajstić information content (AvgIpc) is 3.32. The van der Waals surface area contributed by atoms with E-state index in [9.17, 15) is 0 Å². The fourth-order valence-electron chi connectivity index (χ4n) is 4.41. The molecule has 0 fully saturated rings. The molecule has 6 rings (SSSR count). The van der Waals surface area contributed by atoms with Crippen LogP contribution in [0.2, 0.25) is 0 Å². The molecule has 0 bridgehead atoms. The van der Waals surface area contributed by atoms with Gasteiger partial charge in [-0.3, -0.25) is 0 Å². The maximum absolute atomic E-state index is 6.21. The van der Waals surface area contributed by atoms with E-state index in [-0.39, 0.29) is 6.17 Å². The van der Waals surface area contributed by atoms with Gasteiger partial charge < -0.3 is 14.6 Å². The summed E-state index contributed by atoms with van der Waals surface area (Å²) in [4.78, 5) is 2.28. The van der Waals surface area contributed by atoms with Gasteiger partial charge in [-0.2, -0.15) is 0 Å². The van der Waals surface area contributed by atoms with Gasteiger partial charge in [0.1, 0.15) is 17.3 Å². The van der Waals surface area contributed by atoms with Crippen LogP contribution in [0.25, 0.3) is 33.1 Å². The normalized spacial score (nSPS) is 15.6. The van der Waals surface area contributed by atoms with Crippen molar-refractivity contribution in [3.8, 4) is 11.1 Å². The van der Waals surface area contributed by atoms with E-state index in [1.807, 2.05) is 12.1 Å². The maximum Gasteiger partial charge on any atom is 0.143 e. The summed E-state index contributed by atoms with van der Waals surface area (Å²) < 4.78 is 6.21. The highest BCUT2D eigenvalue weighted by Crippen LogP contribution is 2.40. The van der Waals surface area contributed by atoms with Crippen LogP contribution in [0, 0.1) is 0 Å². The third kappa shape index (κ3) is 2.44. The molecule has 1 aliphatic heterocycles. The van der Waals surface area contributed by atoms with E-state index in [4.69, 9.17) is 4.42 Å². The number of benzene rings is 4. The molecule has 3 nitrogen and oxygen atoms in total. The van der Waals surface area contributed by atoms with E-state index < -0.39 is 0 Å². The highest BCUT2D eigenvalue weighted by atomic mass is 16.3. The van der Waals surface area contributed by atoms with Crippen molar-refractivity contribution in [2.24, 2.45) is 0 Å². The van der Waals surface area contributed by atoms with Crippen LogP contribution in [0.4, 0.5) is 11.4 Å². The van der Waals surface area contributed by atoms with E-state index in [1.165, 1.54) is 16.9 Å². The van der Waals surface area contributed by atoms with Gasteiger partial charge in [-0.05, 0) is 29.3 Å². The highest BCUT2D eigenvalue weighted by molar-refractivity contribution is 6.09. The summed E-state index contributed by atoms with van der Waals surface area (Å²) in [6, 6.07) is 31.8. The minimum Gasteiger partial charge on any atom is -0.455 e. The number of fused-ring (bicyclic) bond motifs is 4. The molecule has 0 spiro atoms. The fraction of sp³-hybridized carbons (Fsp3) is 0.0769. The molecule has 2 heterocycles. The summed E-state index contributed by atoms with van der Waals surface area (Å²) >= 11 is 0. The van der Waals surface area contributed by atoms with E-state index in [2.05, 4.69) is 96.1 Å². The predicted molar refractivity (Wildman–Crippen MR) is 120 cm³/mol. The van der Waals surface area contributed by atoms with Crippen molar-refractivity contribution in [1.29, 1.82) is 0 Å². The molecule has 1 unspecified atom stereocenters. The van der Waals surface area contributed by atoms with Crippen molar-refractivity contribution in [2.45, 2.75) is 6.17 Å². The Balaban J connectivity index is 1.40. The average molecular weight is 376 g/mol. The molecule has 0 amide bonds. The number of nitrogens with one attached hydrogen (secondary N) is 1. The first-order chi connectivity index (χ1) is 14.3. The number of nitrogens with zero attached hydrogens (tertiary/aromatic N) is 1. The monoisotopic (exact) mass is 376 g/mol. The van der Waals surface area contributed by atoms with Crippen LogP contribution in [0.3, 0.4) is 0 Å². The minimum atomic E-state index is 0.142. The molecule has 0 aliphatic carbocycles. The van der Waals surface area contributed by atoms with Gasteiger partial charge in [0, 0.05) is 23.4 Å². The van der Waals surface area contributed by atoms with Crippen LogP contribution in [0.1, 0.15) is 11.7 Å². The predicted octanol–water partition coefficient (Wildman–Crippen LogP) is 6.81. The Morgan fingerprint density at radius 3 is 2.38 bits per heavy atom. The molecule has 29 heavy (non-hydrogen) atoms. The van der Waals surface area contributed by atoms with Gasteiger partial charge in [0.2, 0.25) is 0 Å². The SMILES string of the molecule is CN1c2ccccc2NC1c1ccc(-c2cccc3c2oc2ccccc23)cc1. The van der Waals surface area contributed by atoms with E-state index in [0.717, 1.165) is 33.1 Å². The first kappa shape index (κ1) is 16.3. The van der Waals surface area contributed by atoms with Gasteiger partial charge in [-0.1, -0.05) is 72.8 Å². The third-order valence-electron chi connectivity index (χ3n) is 5.91. The molecule has 0 radical (unpaired) electrons. The summed E-state index contributed by atoms with van der Waals surface area (Å²) in [6.07, 6.45) is 0.142. The van der Waals surface area contributed by atoms with Gasteiger partial charge in [0.25, 0.3) is 0 Å². The number of furan rings is 1. The van der Waals surface area contributed by atoms with Crippen molar-refractivity contribution < 1.29 is 4.42 Å². The number of hydrogen-bond donors (Lipinski definition) is 1. The van der Waals surface area contributed by atoms with Crippen molar-refractivity contribution in [2.75, 3.05) is 17.3 Å². The Morgan fingerprint density at radius 1 is 0.759 bits per heavy atom. The lowest BCUT2D eigenvalue weighted by Crippen LogP contribution is -2.23. The second-order valence-electron chi connectivity index (χ2n) is 7.58. The van der Waals surface area contributed by atoms with Crippen LogP contribution in [0.5, 0.6) is 0 Å². The summed E-state index contributed by atoms with van der Waals surface area (Å²) in [6.45, 7) is 0. The molecule has 3 heteroatoms. The van der Waals surface area contributed by atoms with Gasteiger partial charge in [0.15, 0.2) is 0 Å². The largest absolute Gasteiger partial charge is 0.455 e. The van der Waals surface area contributed by atoms with Crippen molar-refractivity contribution >= 4 is 33.3 Å². The second-order valence-corrected chi connectivity index (χ2v) is 7.58. The van der Waals surface area contributed by atoms with Crippen molar-refractivity contribution in [3.05, 3.63) is 96.6 Å². The number of hydrogen-bond acceptors (Lipinski definition) is 3. The Hall–Kier alpha value is -3.72. The lowest BCUT2D eigenvalue weighted by atomic mass is 10.0. The Labute approximate surface area is 169 Å². The fourth-order valence-corrected chi connectivity index (χ4v) is 4.41. The Bertz CT molecular complexity index is 1350. The molecule has 1 N–H and O–H groups in total. The first-order valence-corrected chi connectivity index (χ1v) is 9.88. The molecule has 140 valence electrons. The highest BCUT2D eigenvalue weighted by Gasteiger charge is 2.26. The second kappa shape index (κ2) is 6.14. The molecule has 5 aromatic rings. The van der Waals surface area contributed by atoms with Gasteiger partial charge >= 0.3 is 0 Å². The van der Waals surface area contributed by atoms with E-state index in [0.29, 0.717) is 0 Å². The zero-order valence-electron chi connectivity index (χ0n) is 16.1. The number of anilines is 2. The van der Waals surface area contributed by atoms with Gasteiger partial charge in [-0.15, -0.1) is 0 Å². The quantitative estimate of drug-likeness (QED) is 0.367. The minimum absolute atomic E-state index is 0.142. The molecule has 1 atom stereocenters. The molecular weight excluding hydrogens is 356 g/mol. The Morgan fingerprint density at radius 2 is 1.52 bits per heavy atom. The molecular formula is C26H20N2O. The summed E-state index contributed by atoms with van der Waals surface area (Å²) in [5.41, 5.74) is 7.82. The zero-order chi connectivity index (χ0) is 19.4. The topological polar surface area (TPSA) is 28.4 Å². The lowest BCUT2D eigenvalue weighted by molar-refractivity contribution is 0.670. The third-order valence-corrected chi connectivity index (χ3v) is 5.91. The van der Waals surface area contributed by atoms with E-state index >= 15 is 0 Å². The molecule has 1 aliphatic rings. The van der Waals surface area contributed by atoms with Crippen LogP contribution in [-0.4, -0.2) is 7.05 Å². The summed E-state index contributed by atoms with van der Waals surface area (Å²) in [5, 5.41) is 5.94. The Kier molecular flexibility index (Phi) is 3.44. The van der Waals surface area contributed by atoms with E-state index in [1.54, 1.807) is 0 Å². The van der Waals surface area contributed by atoms with Gasteiger partial charge in [0.05, 0.1) is 11.4 Å². The number of para-hydroxylation sites is 4. The standard InChI is InChI=1S/C26H20N2O/c1-28-23-11-4-3-10-22(23)27-26(28)18-15-13-17(14-16-18)19-8-6-9-21-20-7-2-5-12-24(20)29-25(19)21/h2-16,26-27H,1H3. The smallest absolute Gasteiger partial charge is 0.143 e. The molecule has 4 aromatic carbocycles. The summed E-state index contributed by atoms with van der Waals surface area (Å²) in [7, 11) is 2.13. The maximum atomic E-state index is 6.21. The zero-order valence-corrected chi connectivity index (χ0v) is 16.1. The van der Waals surface area contributed by atoms with Crippen molar-refractivity contribution in [1.82, 2.24) is 0 Å². The molecule has 1 aromatic heterocycles. The lowest BCUT2D eigenvalue weighted by Gasteiger charge is -2.22. The summed E-state index contributed by atoms with van der Waals surface area (Å²) in [5.74, 6) is 0. The molecule has 0 saturated heterocycles. The molecule has 0 saturated carbocycles. The van der Waals surface area contributed by atoms with Crippen LogP contribution >= 0.6 is 0 Å². The number of rotatable bonds is 2. The first-order valence-electron chi connectivity index (χ1n) is 9.88. The van der Waals surface area contributed by atoms with Crippen molar-refractivity contribution in [3.63, 3.8) is 0 Å². The van der Waals surface area contributed by atoms with Gasteiger partial charge in [-0.25, -0.2) is 0 Å².